The molecule has 0 aliphatic carbocycles. The van der Waals surface area contributed by atoms with Crippen LogP contribution in [-0.4, -0.2) is 21.8 Å². The van der Waals surface area contributed by atoms with Crippen molar-refractivity contribution in [2.45, 2.75) is 12.7 Å². The Morgan fingerprint density at radius 2 is 1.90 bits per heavy atom. The number of para-hydroxylation sites is 1. The molecule has 1 unspecified atom stereocenters. The third-order valence-corrected chi connectivity index (χ3v) is 2.54. The van der Waals surface area contributed by atoms with Crippen molar-refractivity contribution in [3.63, 3.8) is 0 Å². The van der Waals surface area contributed by atoms with Crippen LogP contribution in [0.2, 0.25) is 0 Å². The molecule has 0 aliphatic heterocycles. The monoisotopic (exact) mass is 274 g/mol. The molecule has 6 heteroatoms. The number of aromatic nitrogens is 1. The normalized spacial score (nSPS) is 13.2. The van der Waals surface area contributed by atoms with Gasteiger partial charge in [0.1, 0.15) is 5.75 Å². The summed E-state index contributed by atoms with van der Waals surface area (Å²) in [6, 6.07) is 11.7. The van der Waals surface area contributed by atoms with Gasteiger partial charge in [-0.25, -0.2) is 9.78 Å². The van der Waals surface area contributed by atoms with Crippen LogP contribution in [-0.2, 0) is 4.79 Å². The number of aliphatic carboxylic acids is 1. The number of anilines is 1. The van der Waals surface area contributed by atoms with Gasteiger partial charge in [0.25, 0.3) is 0 Å². The van der Waals surface area contributed by atoms with Crippen molar-refractivity contribution in [2.24, 2.45) is 0 Å². The van der Waals surface area contributed by atoms with Crippen LogP contribution in [0.5, 0.6) is 11.6 Å². The van der Waals surface area contributed by atoms with Gasteiger partial charge in [-0.15, -0.1) is 0 Å². The van der Waals surface area contributed by atoms with Gasteiger partial charge in [-0.05, 0) is 24.3 Å². The van der Waals surface area contributed by atoms with Crippen LogP contribution in [0.3, 0.4) is 0 Å². The molecule has 1 aromatic carbocycles. The van der Waals surface area contributed by atoms with Crippen LogP contribution in [0.15, 0.2) is 48.7 Å². The lowest BCUT2D eigenvalue weighted by molar-refractivity contribution is -0.181. The number of benzene rings is 1. The predicted octanol–water partition coefficient (Wildman–Crippen LogP) is 1.92. The molecule has 2 rings (SSSR count). The Morgan fingerprint density at radius 3 is 2.50 bits per heavy atom. The van der Waals surface area contributed by atoms with E-state index in [1.54, 1.807) is 42.5 Å². The van der Waals surface area contributed by atoms with Gasteiger partial charge in [-0.2, -0.15) is 0 Å². The Morgan fingerprint density at radius 1 is 1.20 bits per heavy atom. The fourth-order valence-electron chi connectivity index (χ4n) is 1.49. The number of pyridine rings is 1. The molecule has 3 N–H and O–H groups in total. The van der Waals surface area contributed by atoms with E-state index in [0.717, 1.165) is 0 Å². The fourth-order valence-corrected chi connectivity index (χ4v) is 1.49. The first kappa shape index (κ1) is 13.7. The molecule has 0 fully saturated rings. The van der Waals surface area contributed by atoms with Crippen LogP contribution >= 0.6 is 0 Å². The van der Waals surface area contributed by atoms with Gasteiger partial charge in [0.2, 0.25) is 5.88 Å². The number of hydrogen-bond acceptors (Lipinski definition) is 5. The van der Waals surface area contributed by atoms with E-state index >= 15 is 0 Å². The summed E-state index contributed by atoms with van der Waals surface area (Å²) >= 11 is 0. The lowest BCUT2D eigenvalue weighted by Crippen LogP contribution is -2.47. The molecule has 6 nitrogen and oxygen atoms in total. The topological polar surface area (TPSA) is 94.7 Å². The molecule has 0 saturated carbocycles. The van der Waals surface area contributed by atoms with E-state index in [1.807, 2.05) is 0 Å². The average molecular weight is 274 g/mol. The summed E-state index contributed by atoms with van der Waals surface area (Å²) in [5, 5.41) is 9.33. The number of rotatable bonds is 5. The Hall–Kier alpha value is -2.76. The highest BCUT2D eigenvalue weighted by Crippen LogP contribution is 2.25. The van der Waals surface area contributed by atoms with Gasteiger partial charge in [-0.3, -0.25) is 0 Å². The molecule has 104 valence electrons. The van der Waals surface area contributed by atoms with Gasteiger partial charge in [0.15, 0.2) is 0 Å². The van der Waals surface area contributed by atoms with Crippen molar-refractivity contribution in [3.8, 4) is 11.6 Å². The van der Waals surface area contributed by atoms with E-state index in [1.165, 1.54) is 13.1 Å². The Labute approximate surface area is 115 Å². The van der Waals surface area contributed by atoms with E-state index in [0.29, 0.717) is 5.75 Å². The smallest absolute Gasteiger partial charge is 0.390 e. The van der Waals surface area contributed by atoms with Crippen LogP contribution in [0.25, 0.3) is 0 Å². The molecule has 1 heterocycles. The number of hydrogen-bond donors (Lipinski definition) is 2. The highest BCUT2D eigenvalue weighted by atomic mass is 16.7. The van der Waals surface area contributed by atoms with Crippen molar-refractivity contribution in [2.75, 3.05) is 5.73 Å². The summed E-state index contributed by atoms with van der Waals surface area (Å²) in [4.78, 5) is 15.3. The largest absolute Gasteiger partial charge is 0.475 e. The van der Waals surface area contributed by atoms with Crippen molar-refractivity contribution in [1.82, 2.24) is 4.98 Å². The summed E-state index contributed by atoms with van der Waals surface area (Å²) in [5.74, 6) is -2.84. The maximum atomic E-state index is 11.4. The third-order valence-electron chi connectivity index (χ3n) is 2.54. The van der Waals surface area contributed by atoms with Gasteiger partial charge < -0.3 is 20.3 Å². The molecule has 0 saturated heterocycles. The Kier molecular flexibility index (Phi) is 3.74. The van der Waals surface area contributed by atoms with Crippen LogP contribution < -0.4 is 15.2 Å². The van der Waals surface area contributed by atoms with Crippen molar-refractivity contribution in [3.05, 3.63) is 48.7 Å². The van der Waals surface area contributed by atoms with E-state index < -0.39 is 11.8 Å². The SMILES string of the molecule is CC(Oc1ccccc1)(Oc1ncccc1N)C(=O)O. The molecule has 0 spiro atoms. The van der Waals surface area contributed by atoms with E-state index in [2.05, 4.69) is 4.98 Å². The minimum atomic E-state index is -1.93. The minimum Gasteiger partial charge on any atom is -0.475 e. The summed E-state index contributed by atoms with van der Waals surface area (Å²) in [5.41, 5.74) is 5.92. The molecule has 0 radical (unpaired) electrons. The molecule has 1 atom stereocenters. The Bertz CT molecular complexity index is 603. The van der Waals surface area contributed by atoms with Crippen molar-refractivity contribution >= 4 is 11.7 Å². The summed E-state index contributed by atoms with van der Waals surface area (Å²) in [6.45, 7) is 1.29. The van der Waals surface area contributed by atoms with Gasteiger partial charge in [0.05, 0.1) is 5.69 Å². The highest BCUT2D eigenvalue weighted by Gasteiger charge is 2.39. The fraction of sp³-hybridized carbons (Fsp3) is 0.143. The molecular formula is C14H14N2O4. The van der Waals surface area contributed by atoms with E-state index in [9.17, 15) is 9.90 Å². The quantitative estimate of drug-likeness (QED) is 0.809. The van der Waals surface area contributed by atoms with Crippen LogP contribution in [0.4, 0.5) is 5.69 Å². The number of nitrogens with zero attached hydrogens (tertiary/aromatic N) is 1. The standard InChI is InChI=1S/C14H14N2O4/c1-14(13(17)18,19-10-6-3-2-4-7-10)20-12-11(15)8-5-9-16-12/h2-9H,15H2,1H3,(H,17,18). The highest BCUT2D eigenvalue weighted by molar-refractivity contribution is 5.76. The first-order valence-corrected chi connectivity index (χ1v) is 5.88. The Balaban J connectivity index is 2.26. The second-order valence-corrected chi connectivity index (χ2v) is 4.17. The molecule has 0 bridgehead atoms. The second-order valence-electron chi connectivity index (χ2n) is 4.17. The summed E-state index contributed by atoms with van der Waals surface area (Å²) in [6.07, 6.45) is 1.45. The van der Waals surface area contributed by atoms with Gasteiger partial charge >= 0.3 is 11.8 Å². The maximum absolute atomic E-state index is 11.4. The maximum Gasteiger partial charge on any atom is 0.390 e. The zero-order valence-corrected chi connectivity index (χ0v) is 10.8. The molecule has 1 aromatic heterocycles. The van der Waals surface area contributed by atoms with Crippen molar-refractivity contribution in [1.29, 1.82) is 0 Å². The number of nitrogens with two attached hydrogens (primary N) is 1. The van der Waals surface area contributed by atoms with Crippen molar-refractivity contribution < 1.29 is 19.4 Å². The first-order chi connectivity index (χ1) is 9.51. The minimum absolute atomic E-state index is 0.00771. The predicted molar refractivity (Wildman–Crippen MR) is 72.4 cm³/mol. The molecule has 0 aliphatic rings. The number of carboxylic acids is 1. The molecular weight excluding hydrogens is 260 g/mol. The second kappa shape index (κ2) is 5.48. The van der Waals surface area contributed by atoms with E-state index in [4.69, 9.17) is 15.2 Å². The number of carboxylic acid groups (broad SMARTS) is 1. The zero-order valence-electron chi connectivity index (χ0n) is 10.8. The van der Waals surface area contributed by atoms with E-state index in [-0.39, 0.29) is 11.6 Å². The summed E-state index contributed by atoms with van der Waals surface area (Å²) < 4.78 is 10.7. The molecule has 20 heavy (non-hydrogen) atoms. The van der Waals surface area contributed by atoms with Gasteiger partial charge in [0, 0.05) is 13.1 Å². The third kappa shape index (κ3) is 2.97. The average Bonchev–Trinajstić information content (AvgIpc) is 2.42. The molecule has 2 aromatic rings. The number of carbonyl (C=O) groups is 1. The number of ether oxygens (including phenoxy) is 2. The lowest BCUT2D eigenvalue weighted by Gasteiger charge is -2.26. The first-order valence-electron chi connectivity index (χ1n) is 5.88. The zero-order chi connectivity index (χ0) is 14.6. The van der Waals surface area contributed by atoms with Crippen LogP contribution in [0.1, 0.15) is 6.92 Å². The molecule has 0 amide bonds. The van der Waals surface area contributed by atoms with Crippen LogP contribution in [0, 0.1) is 0 Å². The lowest BCUT2D eigenvalue weighted by atomic mass is 10.3. The summed E-state index contributed by atoms with van der Waals surface area (Å²) in [7, 11) is 0. The number of nitrogen functional groups attached to an aromatic ring is 1. The van der Waals surface area contributed by atoms with Gasteiger partial charge in [-0.1, -0.05) is 18.2 Å².